The first-order valence-electron chi connectivity index (χ1n) is 11.8. The Bertz CT molecular complexity index is 1050. The lowest BCUT2D eigenvalue weighted by atomic mass is 9.88. The lowest BCUT2D eigenvalue weighted by molar-refractivity contribution is -0.127. The van der Waals surface area contributed by atoms with Gasteiger partial charge in [-0.1, -0.05) is 30.5 Å². The zero-order valence-corrected chi connectivity index (χ0v) is 19.7. The number of carbonyl (C=O) groups is 3. The van der Waals surface area contributed by atoms with Crippen LogP contribution in [0.2, 0.25) is 5.02 Å². The molecule has 2 aliphatic rings. The number of benzene rings is 2. The molecular formula is C26H29ClFN3O3. The van der Waals surface area contributed by atoms with Crippen molar-refractivity contribution >= 4 is 29.3 Å². The monoisotopic (exact) mass is 485 g/mol. The second-order valence-electron chi connectivity index (χ2n) is 9.09. The minimum atomic E-state index is -0.394. The number of nitrogens with one attached hydrogen (secondary N) is 2. The topological polar surface area (TPSA) is 78.5 Å². The fourth-order valence-electron chi connectivity index (χ4n) is 4.81. The van der Waals surface area contributed by atoms with Crippen LogP contribution >= 0.6 is 11.6 Å². The summed E-state index contributed by atoms with van der Waals surface area (Å²) in [6, 6.07) is 11.9. The van der Waals surface area contributed by atoms with Crippen LogP contribution in [0.5, 0.6) is 0 Å². The molecule has 34 heavy (non-hydrogen) atoms. The van der Waals surface area contributed by atoms with Gasteiger partial charge in [0.2, 0.25) is 5.91 Å². The minimum Gasteiger partial charge on any atom is -0.351 e. The van der Waals surface area contributed by atoms with Crippen LogP contribution in [-0.2, 0) is 4.79 Å². The highest BCUT2D eigenvalue weighted by Crippen LogP contribution is 2.23. The Balaban J connectivity index is 1.36. The molecule has 4 rings (SSSR count). The van der Waals surface area contributed by atoms with Crippen LogP contribution in [0.3, 0.4) is 0 Å². The summed E-state index contributed by atoms with van der Waals surface area (Å²) < 4.78 is 13.2. The summed E-state index contributed by atoms with van der Waals surface area (Å²) in [7, 11) is 0. The van der Waals surface area contributed by atoms with Gasteiger partial charge in [-0.15, -0.1) is 0 Å². The zero-order valence-electron chi connectivity index (χ0n) is 18.9. The van der Waals surface area contributed by atoms with Crippen molar-refractivity contribution in [1.82, 2.24) is 15.5 Å². The summed E-state index contributed by atoms with van der Waals surface area (Å²) in [6.07, 6.45) is 4.94. The van der Waals surface area contributed by atoms with Gasteiger partial charge in [0, 0.05) is 41.3 Å². The van der Waals surface area contributed by atoms with Crippen LogP contribution in [0.1, 0.15) is 59.2 Å². The lowest BCUT2D eigenvalue weighted by Crippen LogP contribution is -2.55. The van der Waals surface area contributed by atoms with Crippen molar-refractivity contribution in [3.63, 3.8) is 0 Å². The van der Waals surface area contributed by atoms with Crippen molar-refractivity contribution in [3.8, 4) is 0 Å². The van der Waals surface area contributed by atoms with Crippen molar-refractivity contribution in [1.29, 1.82) is 0 Å². The normalized spacial score (nSPS) is 22.6. The van der Waals surface area contributed by atoms with Gasteiger partial charge in [0.05, 0.1) is 5.92 Å². The molecule has 0 unspecified atom stereocenters. The van der Waals surface area contributed by atoms with E-state index in [4.69, 9.17) is 11.6 Å². The maximum atomic E-state index is 13.2. The summed E-state index contributed by atoms with van der Waals surface area (Å²) in [5.74, 6) is -1.18. The fraction of sp³-hybridized carbons (Fsp3) is 0.423. The van der Waals surface area contributed by atoms with Crippen molar-refractivity contribution in [2.45, 2.75) is 50.6 Å². The number of hydrogen-bond donors (Lipinski definition) is 2. The number of halogens is 2. The molecule has 2 fully saturated rings. The van der Waals surface area contributed by atoms with Crippen LogP contribution < -0.4 is 10.6 Å². The molecule has 0 aromatic heterocycles. The number of likely N-dealkylation sites (tertiary alicyclic amines) is 1. The van der Waals surface area contributed by atoms with Gasteiger partial charge in [-0.3, -0.25) is 14.4 Å². The number of nitrogens with zero attached hydrogens (tertiary/aromatic N) is 1. The maximum absolute atomic E-state index is 13.2. The molecule has 1 saturated heterocycles. The van der Waals surface area contributed by atoms with Gasteiger partial charge in [0.1, 0.15) is 5.82 Å². The first kappa shape index (κ1) is 24.2. The highest BCUT2D eigenvalue weighted by molar-refractivity contribution is 6.30. The van der Waals surface area contributed by atoms with Crippen LogP contribution in [0.15, 0.2) is 48.5 Å². The first-order valence-corrected chi connectivity index (χ1v) is 12.2. The number of carbonyl (C=O) groups excluding carboxylic acids is 3. The van der Waals surface area contributed by atoms with Gasteiger partial charge in [0.15, 0.2) is 0 Å². The van der Waals surface area contributed by atoms with E-state index in [-0.39, 0.29) is 35.7 Å². The molecule has 1 heterocycles. The summed E-state index contributed by atoms with van der Waals surface area (Å²) in [5.41, 5.74) is 0.906. The van der Waals surface area contributed by atoms with E-state index in [2.05, 4.69) is 10.6 Å². The molecule has 0 bridgehead atoms. The van der Waals surface area contributed by atoms with Gasteiger partial charge in [0.25, 0.3) is 11.8 Å². The molecule has 6 nitrogen and oxygen atoms in total. The van der Waals surface area contributed by atoms with Crippen LogP contribution in [0.25, 0.3) is 0 Å². The van der Waals surface area contributed by atoms with Gasteiger partial charge in [-0.2, -0.15) is 0 Å². The van der Waals surface area contributed by atoms with Gasteiger partial charge >= 0.3 is 0 Å². The molecule has 0 radical (unpaired) electrons. The molecule has 180 valence electrons. The van der Waals surface area contributed by atoms with E-state index >= 15 is 0 Å². The smallest absolute Gasteiger partial charge is 0.253 e. The fourth-order valence-corrected chi connectivity index (χ4v) is 5.00. The Morgan fingerprint density at radius 2 is 1.59 bits per heavy atom. The summed E-state index contributed by atoms with van der Waals surface area (Å²) in [5, 5.41) is 6.66. The Hall–Kier alpha value is -2.93. The van der Waals surface area contributed by atoms with E-state index in [1.165, 1.54) is 24.3 Å². The predicted molar refractivity (Wildman–Crippen MR) is 128 cm³/mol. The Morgan fingerprint density at radius 3 is 2.29 bits per heavy atom. The third-order valence-electron chi connectivity index (χ3n) is 6.67. The summed E-state index contributed by atoms with van der Waals surface area (Å²) in [4.78, 5) is 40.4. The van der Waals surface area contributed by atoms with Crippen LogP contribution in [-0.4, -0.2) is 47.8 Å². The largest absolute Gasteiger partial charge is 0.351 e. The quantitative estimate of drug-likeness (QED) is 0.666. The second-order valence-corrected chi connectivity index (χ2v) is 9.52. The number of rotatable bonds is 5. The number of piperidine rings is 1. The minimum absolute atomic E-state index is 0.0866. The van der Waals surface area contributed by atoms with Gasteiger partial charge < -0.3 is 15.5 Å². The Labute approximate surface area is 203 Å². The SMILES string of the molecule is O=C(N[C@@H]1CCCC[C@H]1NC(=O)[C@@H]1CCCN(C(=O)c2cccc(Cl)c2)C1)c1ccc(F)cc1. The Morgan fingerprint density at radius 1 is 0.882 bits per heavy atom. The van der Waals surface area contributed by atoms with Crippen LogP contribution in [0.4, 0.5) is 4.39 Å². The maximum Gasteiger partial charge on any atom is 0.253 e. The molecule has 1 aliphatic carbocycles. The second kappa shape index (κ2) is 11.0. The van der Waals surface area contributed by atoms with Crippen molar-refractivity contribution in [2.75, 3.05) is 13.1 Å². The van der Waals surface area contributed by atoms with E-state index in [0.29, 0.717) is 35.7 Å². The lowest BCUT2D eigenvalue weighted by Gasteiger charge is -2.36. The van der Waals surface area contributed by atoms with Gasteiger partial charge in [-0.25, -0.2) is 4.39 Å². The van der Waals surface area contributed by atoms with E-state index < -0.39 is 5.82 Å². The van der Waals surface area contributed by atoms with Crippen molar-refractivity contribution in [2.24, 2.45) is 5.92 Å². The first-order chi connectivity index (χ1) is 16.4. The van der Waals surface area contributed by atoms with Crippen LogP contribution in [0, 0.1) is 11.7 Å². The highest BCUT2D eigenvalue weighted by atomic mass is 35.5. The van der Waals surface area contributed by atoms with E-state index in [9.17, 15) is 18.8 Å². The Kier molecular flexibility index (Phi) is 7.83. The third-order valence-corrected chi connectivity index (χ3v) is 6.90. The zero-order chi connectivity index (χ0) is 24.1. The third kappa shape index (κ3) is 5.95. The average molecular weight is 486 g/mol. The number of amides is 3. The molecule has 3 amide bonds. The van der Waals surface area contributed by atoms with Gasteiger partial charge in [-0.05, 0) is 68.1 Å². The molecule has 3 atom stereocenters. The van der Waals surface area contributed by atoms with E-state index in [0.717, 1.165) is 32.1 Å². The number of hydrogen-bond acceptors (Lipinski definition) is 3. The average Bonchev–Trinajstić information content (AvgIpc) is 2.85. The highest BCUT2D eigenvalue weighted by Gasteiger charge is 2.33. The van der Waals surface area contributed by atoms with E-state index in [1.807, 2.05) is 0 Å². The van der Waals surface area contributed by atoms with Crippen molar-refractivity contribution < 1.29 is 18.8 Å². The molecule has 1 aliphatic heterocycles. The molecule has 2 N–H and O–H groups in total. The standard InChI is InChI=1S/C26H29ClFN3O3/c27-20-7-3-5-18(15-20)26(34)31-14-4-6-19(16-31)25(33)30-23-9-2-1-8-22(23)29-24(32)17-10-12-21(28)13-11-17/h3,5,7,10-13,15,19,22-23H,1-2,4,6,8-9,14,16H2,(H,29,32)(H,30,33)/t19-,22-,23-/m1/s1. The van der Waals surface area contributed by atoms with Crippen molar-refractivity contribution in [3.05, 3.63) is 70.5 Å². The predicted octanol–water partition coefficient (Wildman–Crippen LogP) is 4.19. The molecular weight excluding hydrogens is 457 g/mol. The molecule has 2 aromatic carbocycles. The summed E-state index contributed by atoms with van der Waals surface area (Å²) >= 11 is 6.03. The molecule has 0 spiro atoms. The molecule has 8 heteroatoms. The molecule has 2 aromatic rings. The molecule has 1 saturated carbocycles. The summed E-state index contributed by atoms with van der Waals surface area (Å²) in [6.45, 7) is 0.964. The van der Waals surface area contributed by atoms with E-state index in [1.54, 1.807) is 29.2 Å².